The fourth-order valence-electron chi connectivity index (χ4n) is 1.19. The minimum Gasteiger partial charge on any atom is -0.497 e. The Hall–Kier alpha value is -0.340. The molecule has 0 aliphatic carbocycles. The topological polar surface area (TPSA) is 81.4 Å². The van der Waals surface area contributed by atoms with E-state index in [0.717, 1.165) is 0 Å². The average molecular weight is 374 g/mol. The highest BCUT2D eigenvalue weighted by atomic mass is 79.9. The van der Waals surface area contributed by atoms with Crippen LogP contribution in [0.15, 0.2) is 27.6 Å². The van der Waals surface area contributed by atoms with Gasteiger partial charge in [-0.25, -0.2) is 13.1 Å². The fourth-order valence-corrected chi connectivity index (χ4v) is 3.46. The van der Waals surface area contributed by atoms with Crippen LogP contribution in [-0.4, -0.2) is 27.6 Å². The standard InChI is InChI=1S/C11H17BrN2O3S.ClH/c1-11(2,13)7-14-18(15,16)10-5-4-8(17-3)6-9(10)12;/h4-6,14H,7,13H2,1-3H3;1H. The van der Waals surface area contributed by atoms with Crippen LogP contribution in [-0.2, 0) is 10.0 Å². The Bertz CT molecular complexity index is 529. The second kappa shape index (κ2) is 6.90. The van der Waals surface area contributed by atoms with Crippen molar-refractivity contribution in [3.8, 4) is 5.75 Å². The SMILES string of the molecule is COc1ccc(S(=O)(=O)NCC(C)(C)N)c(Br)c1.Cl. The molecule has 1 rings (SSSR count). The van der Waals surface area contributed by atoms with Crippen LogP contribution in [0.5, 0.6) is 5.75 Å². The van der Waals surface area contributed by atoms with Gasteiger partial charge in [-0.05, 0) is 48.0 Å². The van der Waals surface area contributed by atoms with Crippen LogP contribution in [0, 0.1) is 0 Å². The molecule has 0 spiro atoms. The monoisotopic (exact) mass is 372 g/mol. The minimum atomic E-state index is -3.58. The predicted octanol–water partition coefficient (Wildman–Crippen LogP) is 1.90. The van der Waals surface area contributed by atoms with Gasteiger partial charge < -0.3 is 10.5 Å². The number of hydrogen-bond acceptors (Lipinski definition) is 4. The summed E-state index contributed by atoms with van der Waals surface area (Å²) in [6.45, 7) is 3.66. The maximum Gasteiger partial charge on any atom is 0.241 e. The smallest absolute Gasteiger partial charge is 0.241 e. The Morgan fingerprint density at radius 1 is 1.42 bits per heavy atom. The first kappa shape index (κ1) is 18.7. The van der Waals surface area contributed by atoms with E-state index in [1.165, 1.54) is 13.2 Å². The summed E-state index contributed by atoms with van der Waals surface area (Å²) in [4.78, 5) is 0.160. The first-order valence-corrected chi connectivity index (χ1v) is 7.55. The van der Waals surface area contributed by atoms with Crippen molar-refractivity contribution in [3.63, 3.8) is 0 Å². The van der Waals surface area contributed by atoms with Crippen molar-refractivity contribution in [2.24, 2.45) is 5.73 Å². The molecule has 0 aliphatic heterocycles. The molecule has 0 heterocycles. The Labute approximate surface area is 128 Å². The van der Waals surface area contributed by atoms with Crippen molar-refractivity contribution in [2.75, 3.05) is 13.7 Å². The number of sulfonamides is 1. The summed E-state index contributed by atoms with van der Waals surface area (Å²) >= 11 is 3.21. The molecule has 1 aromatic rings. The van der Waals surface area contributed by atoms with Crippen LogP contribution in [0.4, 0.5) is 0 Å². The summed E-state index contributed by atoms with van der Waals surface area (Å²) in [6.07, 6.45) is 0. The maximum absolute atomic E-state index is 12.1. The molecule has 3 N–H and O–H groups in total. The molecule has 0 saturated carbocycles. The third kappa shape index (κ3) is 5.66. The number of methoxy groups -OCH3 is 1. The zero-order valence-corrected chi connectivity index (χ0v) is 14.2. The third-order valence-electron chi connectivity index (χ3n) is 2.15. The van der Waals surface area contributed by atoms with Gasteiger partial charge in [0.2, 0.25) is 10.0 Å². The number of rotatable bonds is 5. The molecule has 0 atom stereocenters. The molecular formula is C11H18BrClN2O3S. The number of nitrogens with two attached hydrogens (primary N) is 1. The molecule has 0 fully saturated rings. The van der Waals surface area contributed by atoms with Gasteiger partial charge in [-0.1, -0.05) is 0 Å². The number of benzene rings is 1. The predicted molar refractivity (Wildman–Crippen MR) is 81.4 cm³/mol. The van der Waals surface area contributed by atoms with Crippen LogP contribution in [0.2, 0.25) is 0 Å². The van der Waals surface area contributed by atoms with Crippen molar-refractivity contribution in [3.05, 3.63) is 22.7 Å². The molecular weight excluding hydrogens is 356 g/mol. The molecule has 0 radical (unpaired) electrons. The van der Waals surface area contributed by atoms with E-state index in [4.69, 9.17) is 10.5 Å². The molecule has 0 amide bonds. The first-order chi connectivity index (χ1) is 8.15. The summed E-state index contributed by atoms with van der Waals surface area (Å²) in [5.41, 5.74) is 5.14. The molecule has 0 saturated heterocycles. The summed E-state index contributed by atoms with van der Waals surface area (Å²) in [7, 11) is -2.06. The van der Waals surface area contributed by atoms with Crippen LogP contribution < -0.4 is 15.2 Å². The quantitative estimate of drug-likeness (QED) is 0.826. The van der Waals surface area contributed by atoms with Crippen molar-refractivity contribution in [1.82, 2.24) is 4.72 Å². The second-order valence-corrected chi connectivity index (χ2v) is 7.20. The van der Waals surface area contributed by atoms with Gasteiger partial charge in [-0.3, -0.25) is 0 Å². The maximum atomic E-state index is 12.1. The van der Waals surface area contributed by atoms with Crippen molar-refractivity contribution < 1.29 is 13.2 Å². The highest BCUT2D eigenvalue weighted by Gasteiger charge is 2.21. The highest BCUT2D eigenvalue weighted by Crippen LogP contribution is 2.26. The van der Waals surface area contributed by atoms with Crippen LogP contribution in [0.3, 0.4) is 0 Å². The molecule has 19 heavy (non-hydrogen) atoms. The molecule has 110 valence electrons. The van der Waals surface area contributed by atoms with Crippen LogP contribution in [0.25, 0.3) is 0 Å². The largest absolute Gasteiger partial charge is 0.497 e. The number of hydrogen-bond donors (Lipinski definition) is 2. The molecule has 8 heteroatoms. The van der Waals surface area contributed by atoms with Crippen LogP contribution >= 0.6 is 28.3 Å². The van der Waals surface area contributed by atoms with Crippen LogP contribution in [0.1, 0.15) is 13.8 Å². The Balaban J connectivity index is 0.00000324. The lowest BCUT2D eigenvalue weighted by Gasteiger charge is -2.19. The fraction of sp³-hybridized carbons (Fsp3) is 0.455. The summed E-state index contributed by atoms with van der Waals surface area (Å²) in [6, 6.07) is 4.67. The van der Waals surface area contributed by atoms with Gasteiger partial charge in [-0.15, -0.1) is 12.4 Å². The van der Waals surface area contributed by atoms with Crippen molar-refractivity contribution >= 4 is 38.4 Å². The van der Waals surface area contributed by atoms with E-state index in [-0.39, 0.29) is 23.8 Å². The van der Waals surface area contributed by atoms with Gasteiger partial charge >= 0.3 is 0 Å². The van der Waals surface area contributed by atoms with Gasteiger partial charge in [0, 0.05) is 16.6 Å². The van der Waals surface area contributed by atoms with E-state index in [2.05, 4.69) is 20.7 Å². The van der Waals surface area contributed by atoms with E-state index in [1.807, 2.05) is 0 Å². The molecule has 5 nitrogen and oxygen atoms in total. The average Bonchev–Trinajstić information content (AvgIpc) is 2.25. The molecule has 0 aromatic heterocycles. The summed E-state index contributed by atoms with van der Waals surface area (Å²) in [5, 5.41) is 0. The number of nitrogens with one attached hydrogen (secondary N) is 1. The number of ether oxygens (including phenoxy) is 1. The van der Waals surface area contributed by atoms with Gasteiger partial charge in [0.15, 0.2) is 0 Å². The van der Waals surface area contributed by atoms with Gasteiger partial charge in [-0.2, -0.15) is 0 Å². The molecule has 0 bridgehead atoms. The van der Waals surface area contributed by atoms with E-state index in [0.29, 0.717) is 10.2 Å². The summed E-state index contributed by atoms with van der Waals surface area (Å²) in [5.74, 6) is 0.583. The lowest BCUT2D eigenvalue weighted by molar-refractivity contribution is 0.414. The van der Waals surface area contributed by atoms with Gasteiger partial charge in [0.25, 0.3) is 0 Å². The van der Waals surface area contributed by atoms with E-state index in [9.17, 15) is 8.42 Å². The lowest BCUT2D eigenvalue weighted by Crippen LogP contribution is -2.45. The zero-order valence-electron chi connectivity index (χ0n) is 10.9. The normalized spacial score (nSPS) is 11.8. The third-order valence-corrected chi connectivity index (χ3v) is 4.52. The van der Waals surface area contributed by atoms with E-state index >= 15 is 0 Å². The first-order valence-electron chi connectivity index (χ1n) is 5.28. The van der Waals surface area contributed by atoms with Crippen molar-refractivity contribution in [1.29, 1.82) is 0 Å². The molecule has 0 unspecified atom stereocenters. The molecule has 0 aliphatic rings. The number of halogens is 2. The lowest BCUT2D eigenvalue weighted by atomic mass is 10.1. The Morgan fingerprint density at radius 2 is 2.00 bits per heavy atom. The van der Waals surface area contributed by atoms with Crippen molar-refractivity contribution in [2.45, 2.75) is 24.3 Å². The van der Waals surface area contributed by atoms with Gasteiger partial charge in [0.05, 0.1) is 12.0 Å². The summed E-state index contributed by atoms with van der Waals surface area (Å²) < 4.78 is 32.1. The zero-order chi connectivity index (χ0) is 14.0. The highest BCUT2D eigenvalue weighted by molar-refractivity contribution is 9.10. The van der Waals surface area contributed by atoms with E-state index in [1.54, 1.807) is 26.0 Å². The van der Waals surface area contributed by atoms with E-state index < -0.39 is 15.6 Å². The minimum absolute atomic E-state index is 0. The van der Waals surface area contributed by atoms with Gasteiger partial charge in [0.1, 0.15) is 5.75 Å². The second-order valence-electron chi connectivity index (χ2n) is 4.61. The molecule has 1 aromatic carbocycles. The Kier molecular flexibility index (Phi) is 6.77. The Morgan fingerprint density at radius 3 is 2.42 bits per heavy atom.